The second-order valence-corrected chi connectivity index (χ2v) is 7.56. The predicted molar refractivity (Wildman–Crippen MR) is 98.7 cm³/mol. The number of imide groups is 1. The van der Waals surface area contributed by atoms with Crippen molar-refractivity contribution >= 4 is 23.0 Å². The van der Waals surface area contributed by atoms with Crippen LogP contribution >= 0.6 is 0 Å². The predicted octanol–water partition coefficient (Wildman–Crippen LogP) is 1.98. The highest BCUT2D eigenvalue weighted by molar-refractivity contribution is 6.04. The lowest BCUT2D eigenvalue weighted by atomic mass is 10.0. The van der Waals surface area contributed by atoms with Gasteiger partial charge < -0.3 is 15.0 Å². The molecule has 7 nitrogen and oxygen atoms in total. The molecule has 3 amide bonds. The maximum Gasteiger partial charge on any atom is 0.324 e. The van der Waals surface area contributed by atoms with Crippen LogP contribution < -0.4 is 5.32 Å². The Morgan fingerprint density at radius 2 is 1.88 bits per heavy atom. The fraction of sp³-hybridized carbons (Fsp3) is 0.526. The number of nitrogens with one attached hydrogen (secondary N) is 1. The van der Waals surface area contributed by atoms with E-state index in [9.17, 15) is 14.7 Å². The normalized spacial score (nSPS) is 18.8. The summed E-state index contributed by atoms with van der Waals surface area (Å²) in [6.07, 6.45) is 1.42. The topological polar surface area (TPSA) is 87.5 Å². The number of hydrogen-bond acceptors (Lipinski definition) is 4. The summed E-state index contributed by atoms with van der Waals surface area (Å²) in [5, 5.41) is 13.1. The Morgan fingerprint density at radius 3 is 2.58 bits per heavy atom. The van der Waals surface area contributed by atoms with Crippen molar-refractivity contribution in [2.24, 2.45) is 5.92 Å². The van der Waals surface area contributed by atoms with E-state index >= 15 is 0 Å². The van der Waals surface area contributed by atoms with Gasteiger partial charge >= 0.3 is 6.03 Å². The fourth-order valence-corrected chi connectivity index (χ4v) is 3.34. The molecule has 0 bridgehead atoms. The first-order chi connectivity index (χ1) is 12.3. The van der Waals surface area contributed by atoms with Crippen LogP contribution in [0, 0.1) is 19.8 Å². The average Bonchev–Trinajstić information content (AvgIpc) is 3.04. The first-order valence-corrected chi connectivity index (χ1v) is 8.98. The second kappa shape index (κ2) is 7.07. The lowest BCUT2D eigenvalue weighted by Crippen LogP contribution is -2.39. The summed E-state index contributed by atoms with van der Waals surface area (Å²) in [5.74, 6) is 0.0443. The quantitative estimate of drug-likeness (QED) is 0.773. The molecule has 1 saturated heterocycles. The number of urea groups is 1. The van der Waals surface area contributed by atoms with Crippen molar-refractivity contribution in [3.8, 4) is 0 Å². The Bertz CT molecular complexity index is 843. The zero-order chi connectivity index (χ0) is 19.0. The number of imidazole rings is 1. The Kier molecular flexibility index (Phi) is 5.00. The van der Waals surface area contributed by atoms with E-state index in [1.165, 1.54) is 5.56 Å². The van der Waals surface area contributed by atoms with Crippen molar-refractivity contribution in [2.75, 3.05) is 6.54 Å². The minimum Gasteiger partial charge on any atom is -0.389 e. The van der Waals surface area contributed by atoms with Crippen LogP contribution in [-0.2, 0) is 11.3 Å². The average molecular weight is 358 g/mol. The van der Waals surface area contributed by atoms with Gasteiger partial charge in [-0.05, 0) is 49.4 Å². The molecule has 2 atom stereocenters. The number of nitrogens with zero attached hydrogens (tertiary/aromatic N) is 3. The van der Waals surface area contributed by atoms with Gasteiger partial charge in [0.05, 0.1) is 36.6 Å². The van der Waals surface area contributed by atoms with Gasteiger partial charge in [0.2, 0.25) is 0 Å². The highest BCUT2D eigenvalue weighted by atomic mass is 16.3. The monoisotopic (exact) mass is 358 g/mol. The lowest BCUT2D eigenvalue weighted by Gasteiger charge is -2.19. The Balaban J connectivity index is 1.69. The number of aliphatic hydroxyl groups excluding tert-OH is 1. The zero-order valence-electron chi connectivity index (χ0n) is 15.7. The van der Waals surface area contributed by atoms with Crippen LogP contribution in [0.2, 0.25) is 0 Å². The number of fused-ring (bicyclic) bond motifs is 1. The highest BCUT2D eigenvalue weighted by Crippen LogP contribution is 2.19. The molecule has 0 spiro atoms. The number of aliphatic hydroxyl groups is 1. The smallest absolute Gasteiger partial charge is 0.324 e. The summed E-state index contributed by atoms with van der Waals surface area (Å²) < 4.78 is 1.86. The first kappa shape index (κ1) is 18.4. The summed E-state index contributed by atoms with van der Waals surface area (Å²) in [6.45, 7) is 8.32. The molecule has 2 unspecified atom stereocenters. The van der Waals surface area contributed by atoms with Gasteiger partial charge in [-0.25, -0.2) is 9.78 Å². The molecule has 1 aliphatic rings. The Morgan fingerprint density at radius 1 is 1.19 bits per heavy atom. The molecule has 2 aromatic rings. The van der Waals surface area contributed by atoms with E-state index in [0.29, 0.717) is 12.3 Å². The van der Waals surface area contributed by atoms with Crippen LogP contribution in [0.5, 0.6) is 0 Å². The summed E-state index contributed by atoms with van der Waals surface area (Å²) >= 11 is 0. The van der Waals surface area contributed by atoms with E-state index in [-0.39, 0.29) is 19.0 Å². The number of aryl methyl sites for hydroxylation is 2. The second-order valence-electron chi connectivity index (χ2n) is 7.56. The minimum absolute atomic E-state index is 0.0240. The number of hydrogen-bond donors (Lipinski definition) is 2. The van der Waals surface area contributed by atoms with E-state index in [4.69, 9.17) is 0 Å². The first-order valence-electron chi connectivity index (χ1n) is 8.98. The summed E-state index contributed by atoms with van der Waals surface area (Å²) in [7, 11) is 0. The maximum atomic E-state index is 12.4. The van der Waals surface area contributed by atoms with Gasteiger partial charge in [-0.15, -0.1) is 0 Å². The Hall–Kier alpha value is -2.41. The number of rotatable bonds is 6. The van der Waals surface area contributed by atoms with E-state index in [1.54, 1.807) is 6.33 Å². The molecule has 140 valence electrons. The third-order valence-electron chi connectivity index (χ3n) is 4.85. The highest BCUT2D eigenvalue weighted by Gasteiger charge is 2.38. The molecule has 3 rings (SSSR count). The van der Waals surface area contributed by atoms with Crippen molar-refractivity contribution in [3.05, 3.63) is 29.6 Å². The third kappa shape index (κ3) is 3.58. The van der Waals surface area contributed by atoms with Crippen LogP contribution in [-0.4, -0.2) is 50.2 Å². The van der Waals surface area contributed by atoms with Crippen LogP contribution in [0.3, 0.4) is 0 Å². The molecule has 1 aliphatic heterocycles. The van der Waals surface area contributed by atoms with E-state index in [2.05, 4.69) is 10.3 Å². The van der Waals surface area contributed by atoms with Crippen LogP contribution in [0.1, 0.15) is 31.4 Å². The van der Waals surface area contributed by atoms with Crippen molar-refractivity contribution < 1.29 is 14.7 Å². The summed E-state index contributed by atoms with van der Waals surface area (Å²) in [5.41, 5.74) is 4.12. The molecule has 1 fully saturated rings. The van der Waals surface area contributed by atoms with Crippen LogP contribution in [0.4, 0.5) is 4.79 Å². The van der Waals surface area contributed by atoms with Gasteiger partial charge in [0, 0.05) is 0 Å². The molecule has 7 heteroatoms. The number of aromatic nitrogens is 2. The molecule has 0 saturated carbocycles. The van der Waals surface area contributed by atoms with E-state index < -0.39 is 18.2 Å². The molecule has 2 N–H and O–H groups in total. The van der Waals surface area contributed by atoms with Crippen molar-refractivity contribution in [1.29, 1.82) is 0 Å². The summed E-state index contributed by atoms with van der Waals surface area (Å²) in [4.78, 5) is 30.0. The molecular formula is C19H26N4O3. The maximum absolute atomic E-state index is 12.4. The fourth-order valence-electron chi connectivity index (χ4n) is 3.34. The van der Waals surface area contributed by atoms with Gasteiger partial charge in [-0.3, -0.25) is 9.69 Å². The molecule has 2 heterocycles. The molecule has 1 aromatic heterocycles. The van der Waals surface area contributed by atoms with Gasteiger partial charge in [0.25, 0.3) is 5.91 Å². The number of β-amino-alcohol motifs (C(OH)–C–C–N with tert-alkyl or cyclic N) is 1. The van der Waals surface area contributed by atoms with Crippen molar-refractivity contribution in [2.45, 2.75) is 52.8 Å². The number of carbonyl (C=O) groups excluding carboxylic acids is 2. The van der Waals surface area contributed by atoms with Gasteiger partial charge in [0.1, 0.15) is 6.04 Å². The summed E-state index contributed by atoms with van der Waals surface area (Å²) in [6, 6.07) is 3.13. The van der Waals surface area contributed by atoms with Gasteiger partial charge in [-0.1, -0.05) is 13.8 Å². The molecule has 26 heavy (non-hydrogen) atoms. The Labute approximate surface area is 153 Å². The van der Waals surface area contributed by atoms with Crippen LogP contribution in [0.25, 0.3) is 11.0 Å². The van der Waals surface area contributed by atoms with Gasteiger partial charge in [0.15, 0.2) is 0 Å². The van der Waals surface area contributed by atoms with Crippen molar-refractivity contribution in [3.63, 3.8) is 0 Å². The third-order valence-corrected chi connectivity index (χ3v) is 4.85. The molecule has 0 aliphatic carbocycles. The van der Waals surface area contributed by atoms with E-state index in [1.807, 2.05) is 44.4 Å². The molecule has 0 radical (unpaired) electrons. The molecular weight excluding hydrogens is 332 g/mol. The zero-order valence-corrected chi connectivity index (χ0v) is 15.7. The lowest BCUT2D eigenvalue weighted by molar-refractivity contribution is -0.128. The largest absolute Gasteiger partial charge is 0.389 e. The minimum atomic E-state index is -0.860. The van der Waals surface area contributed by atoms with Gasteiger partial charge in [-0.2, -0.15) is 0 Å². The van der Waals surface area contributed by atoms with Crippen molar-refractivity contribution in [1.82, 2.24) is 19.8 Å². The number of benzene rings is 1. The van der Waals surface area contributed by atoms with E-state index in [0.717, 1.165) is 21.5 Å². The SMILES string of the molecule is Cc1cc2ncn(CC(O)CN3C(=O)NC(CC(C)C)C3=O)c2cc1C. The standard InChI is InChI=1S/C19H26N4O3/c1-11(2)5-16-18(25)23(19(26)21-16)9-14(24)8-22-10-20-15-6-12(3)13(4)7-17(15)22/h6-7,10-11,14,16,24H,5,8-9H2,1-4H3,(H,21,26). The molecule has 1 aromatic carbocycles. The number of amides is 3. The number of carbonyl (C=O) groups is 2. The van der Waals surface area contributed by atoms with Crippen LogP contribution in [0.15, 0.2) is 18.5 Å².